The van der Waals surface area contributed by atoms with Crippen molar-refractivity contribution in [2.24, 2.45) is 0 Å². The first-order valence-corrected chi connectivity index (χ1v) is 6.67. The molecule has 2 rings (SSSR count). The van der Waals surface area contributed by atoms with Crippen molar-refractivity contribution in [1.82, 2.24) is 0 Å². The molecular weight excluding hydrogens is 242 g/mol. The molecule has 1 aliphatic rings. The van der Waals surface area contributed by atoms with E-state index in [1.807, 2.05) is 26.0 Å². The topological polar surface area (TPSA) is 0 Å². The van der Waals surface area contributed by atoms with E-state index in [0.717, 1.165) is 35.1 Å². The Kier molecular flexibility index (Phi) is 4.31. The van der Waals surface area contributed by atoms with Gasteiger partial charge in [-0.2, -0.15) is 0 Å². The first-order chi connectivity index (χ1) is 9.13. The second-order valence-corrected chi connectivity index (χ2v) is 4.65. The second kappa shape index (κ2) is 5.96. The second-order valence-electron chi connectivity index (χ2n) is 4.65. The Morgan fingerprint density at radius 2 is 1.84 bits per heavy atom. The molecule has 0 aromatic heterocycles. The van der Waals surface area contributed by atoms with E-state index in [4.69, 9.17) is 0 Å². The number of benzene rings is 1. The highest BCUT2D eigenvalue weighted by Crippen LogP contribution is 2.26. The largest absolute Gasteiger partial charge is 0.238 e. The fourth-order valence-electron chi connectivity index (χ4n) is 2.28. The van der Waals surface area contributed by atoms with Crippen molar-refractivity contribution in [2.75, 3.05) is 0 Å². The van der Waals surface area contributed by atoms with Crippen LogP contribution in [0.1, 0.15) is 31.4 Å². The highest BCUT2D eigenvalue weighted by Gasteiger charge is 2.11. The molecule has 0 heterocycles. The fraction of sp³-hybridized carbons (Fsp3) is 0.294. The minimum atomic E-state index is -1.09. The zero-order valence-electron chi connectivity index (χ0n) is 11.3. The van der Waals surface area contributed by atoms with Gasteiger partial charge in [0.1, 0.15) is 12.0 Å². The Balaban J connectivity index is 2.43. The average molecular weight is 260 g/mol. The van der Waals surface area contributed by atoms with Gasteiger partial charge in [0.15, 0.2) is 0 Å². The van der Waals surface area contributed by atoms with Crippen LogP contribution in [-0.4, -0.2) is 6.17 Å². The van der Waals surface area contributed by atoms with E-state index >= 15 is 0 Å². The summed E-state index contributed by atoms with van der Waals surface area (Å²) in [6.45, 7) is 3.98. The number of aryl methyl sites for hydroxylation is 1. The van der Waals surface area contributed by atoms with Crippen molar-refractivity contribution in [1.29, 1.82) is 0 Å². The first kappa shape index (κ1) is 13.7. The number of allylic oxidation sites excluding steroid dienone is 6. The van der Waals surface area contributed by atoms with Crippen molar-refractivity contribution in [3.05, 3.63) is 65.0 Å². The van der Waals surface area contributed by atoms with E-state index in [9.17, 15) is 8.78 Å². The summed E-state index contributed by atoms with van der Waals surface area (Å²) >= 11 is 0. The molecule has 0 bridgehead atoms. The zero-order chi connectivity index (χ0) is 13.8. The lowest BCUT2D eigenvalue weighted by atomic mass is 9.97. The van der Waals surface area contributed by atoms with Crippen LogP contribution in [0.4, 0.5) is 8.78 Å². The summed E-state index contributed by atoms with van der Waals surface area (Å²) in [5, 5.41) is 0. The van der Waals surface area contributed by atoms with Crippen LogP contribution < -0.4 is 0 Å². The third kappa shape index (κ3) is 3.19. The van der Waals surface area contributed by atoms with E-state index in [1.165, 1.54) is 12.1 Å². The fourth-order valence-corrected chi connectivity index (χ4v) is 2.28. The highest BCUT2D eigenvalue weighted by atomic mass is 19.1. The van der Waals surface area contributed by atoms with Gasteiger partial charge in [-0.15, -0.1) is 0 Å². The molecule has 1 aromatic carbocycles. The lowest BCUT2D eigenvalue weighted by Crippen LogP contribution is -1.95. The van der Waals surface area contributed by atoms with Crippen LogP contribution in [0, 0.1) is 5.82 Å². The van der Waals surface area contributed by atoms with E-state index in [2.05, 4.69) is 0 Å². The van der Waals surface area contributed by atoms with Crippen LogP contribution in [0.2, 0.25) is 0 Å². The molecule has 0 aliphatic heterocycles. The number of alkyl halides is 1. The Morgan fingerprint density at radius 1 is 1.05 bits per heavy atom. The van der Waals surface area contributed by atoms with E-state index in [0.29, 0.717) is 0 Å². The van der Waals surface area contributed by atoms with Gasteiger partial charge >= 0.3 is 0 Å². The van der Waals surface area contributed by atoms with Crippen LogP contribution in [0.3, 0.4) is 0 Å². The standard InChI is InChI=1S/C17H18F2/c1-3-12-5-6-14(11-16(19)9-12)17-8-7-15(18)10-13(17)4-2/h5-11,16H,3-4H2,1-2H3. The molecule has 2 heteroatoms. The monoisotopic (exact) mass is 260 g/mol. The van der Waals surface area contributed by atoms with Crippen LogP contribution in [0.5, 0.6) is 0 Å². The predicted octanol–water partition coefficient (Wildman–Crippen LogP) is 5.02. The molecule has 0 nitrogen and oxygen atoms in total. The number of rotatable bonds is 3. The average Bonchev–Trinajstić information content (AvgIpc) is 2.60. The third-order valence-electron chi connectivity index (χ3n) is 3.36. The highest BCUT2D eigenvalue weighted by molar-refractivity contribution is 5.77. The summed E-state index contributed by atoms with van der Waals surface area (Å²) in [7, 11) is 0. The van der Waals surface area contributed by atoms with Crippen LogP contribution in [0.25, 0.3) is 5.57 Å². The van der Waals surface area contributed by atoms with E-state index in [-0.39, 0.29) is 5.82 Å². The molecule has 1 atom stereocenters. The molecule has 0 saturated heterocycles. The Morgan fingerprint density at radius 3 is 2.53 bits per heavy atom. The van der Waals surface area contributed by atoms with E-state index in [1.54, 1.807) is 18.2 Å². The van der Waals surface area contributed by atoms with Crippen molar-refractivity contribution in [3.63, 3.8) is 0 Å². The molecule has 1 aromatic rings. The molecule has 0 N–H and O–H groups in total. The number of halogens is 2. The van der Waals surface area contributed by atoms with Gasteiger partial charge < -0.3 is 0 Å². The van der Waals surface area contributed by atoms with Gasteiger partial charge in [-0.05, 0) is 59.4 Å². The van der Waals surface area contributed by atoms with Gasteiger partial charge in [0, 0.05) is 0 Å². The molecule has 19 heavy (non-hydrogen) atoms. The smallest absolute Gasteiger partial charge is 0.138 e. The van der Waals surface area contributed by atoms with Crippen LogP contribution >= 0.6 is 0 Å². The summed E-state index contributed by atoms with van der Waals surface area (Å²) in [5.41, 5.74) is 3.62. The quantitative estimate of drug-likeness (QED) is 0.716. The van der Waals surface area contributed by atoms with Crippen molar-refractivity contribution < 1.29 is 8.78 Å². The summed E-state index contributed by atoms with van der Waals surface area (Å²) in [5.74, 6) is -0.247. The molecular formula is C17H18F2. The minimum Gasteiger partial charge on any atom is -0.238 e. The molecule has 100 valence electrons. The van der Waals surface area contributed by atoms with Crippen LogP contribution in [0.15, 0.2) is 48.1 Å². The maximum absolute atomic E-state index is 13.9. The molecule has 0 amide bonds. The van der Waals surface area contributed by atoms with Crippen molar-refractivity contribution in [3.8, 4) is 0 Å². The molecule has 0 radical (unpaired) electrons. The summed E-state index contributed by atoms with van der Waals surface area (Å²) in [6.07, 6.45) is 7.51. The Hall–Kier alpha value is -1.70. The molecule has 0 spiro atoms. The SMILES string of the molecule is CCC1=CC(F)C=C(c2ccc(F)cc2CC)C=C1. The molecule has 1 unspecified atom stereocenters. The maximum Gasteiger partial charge on any atom is 0.138 e. The van der Waals surface area contributed by atoms with Gasteiger partial charge in [0.05, 0.1) is 0 Å². The van der Waals surface area contributed by atoms with Gasteiger partial charge in [0.2, 0.25) is 0 Å². The summed E-state index contributed by atoms with van der Waals surface area (Å²) in [4.78, 5) is 0. The number of hydrogen-bond acceptors (Lipinski definition) is 0. The van der Waals surface area contributed by atoms with Crippen molar-refractivity contribution in [2.45, 2.75) is 32.9 Å². The van der Waals surface area contributed by atoms with Gasteiger partial charge in [-0.3, -0.25) is 0 Å². The van der Waals surface area contributed by atoms with E-state index < -0.39 is 6.17 Å². The van der Waals surface area contributed by atoms with Crippen LogP contribution in [-0.2, 0) is 6.42 Å². The minimum absolute atomic E-state index is 0.247. The molecule has 0 fully saturated rings. The molecule has 1 aliphatic carbocycles. The lowest BCUT2D eigenvalue weighted by Gasteiger charge is -2.09. The number of hydrogen-bond donors (Lipinski definition) is 0. The maximum atomic E-state index is 13.9. The van der Waals surface area contributed by atoms with Crippen molar-refractivity contribution >= 4 is 5.57 Å². The Bertz CT molecular complexity index is 550. The van der Waals surface area contributed by atoms with Gasteiger partial charge in [-0.1, -0.05) is 32.1 Å². The zero-order valence-corrected chi connectivity index (χ0v) is 11.3. The predicted molar refractivity (Wildman–Crippen MR) is 76.2 cm³/mol. The summed E-state index contributed by atoms with van der Waals surface area (Å²) < 4.78 is 27.1. The van der Waals surface area contributed by atoms with Gasteiger partial charge in [0.25, 0.3) is 0 Å². The summed E-state index contributed by atoms with van der Waals surface area (Å²) in [6, 6.07) is 4.68. The normalized spacial score (nSPS) is 18.8. The first-order valence-electron chi connectivity index (χ1n) is 6.67. The van der Waals surface area contributed by atoms with Gasteiger partial charge in [-0.25, -0.2) is 8.78 Å². The lowest BCUT2D eigenvalue weighted by molar-refractivity contribution is 0.468. The third-order valence-corrected chi connectivity index (χ3v) is 3.36. The Labute approximate surface area is 113 Å². The molecule has 0 saturated carbocycles.